The first-order valence-corrected chi connectivity index (χ1v) is 10.1. The van der Waals surface area contributed by atoms with Crippen LogP contribution in [0.3, 0.4) is 0 Å². The van der Waals surface area contributed by atoms with Gasteiger partial charge in [-0.25, -0.2) is 0 Å². The number of allylic oxidation sites excluding steroid dienone is 5. The molecule has 2 heterocycles. The van der Waals surface area contributed by atoms with Crippen molar-refractivity contribution in [1.29, 1.82) is 5.26 Å². The fourth-order valence-corrected chi connectivity index (χ4v) is 4.14. The van der Waals surface area contributed by atoms with E-state index in [9.17, 15) is 10.1 Å². The van der Waals surface area contributed by atoms with E-state index in [4.69, 9.17) is 0 Å². The molecule has 3 aromatic rings. The van der Waals surface area contributed by atoms with E-state index in [-0.39, 0.29) is 5.91 Å². The van der Waals surface area contributed by atoms with Crippen molar-refractivity contribution < 1.29 is 4.79 Å². The van der Waals surface area contributed by atoms with Crippen LogP contribution >= 0.6 is 11.5 Å². The third-order valence-corrected chi connectivity index (χ3v) is 5.74. The average molecular weight is 401 g/mol. The van der Waals surface area contributed by atoms with Crippen molar-refractivity contribution in [3.05, 3.63) is 76.1 Å². The standard InChI is InChI=1S/C22H19N5OS/c1-3-27-19-10-5-4-9-17(19)18(13-23)20(27)15-7-6-8-16(12-11-15)24-22(28)21-14(2)25-26-29-21/h4-6,8-12H,3,7H2,1-2H3,(H,24,28). The highest BCUT2D eigenvalue weighted by molar-refractivity contribution is 7.08. The number of carbonyl (C=O) groups is 1. The summed E-state index contributed by atoms with van der Waals surface area (Å²) < 4.78 is 5.99. The van der Waals surface area contributed by atoms with Crippen molar-refractivity contribution >= 4 is 33.9 Å². The molecular weight excluding hydrogens is 382 g/mol. The molecule has 0 radical (unpaired) electrons. The van der Waals surface area contributed by atoms with E-state index in [2.05, 4.69) is 32.5 Å². The molecule has 1 amide bonds. The number of benzene rings is 1. The molecular formula is C22H19N5OS. The van der Waals surface area contributed by atoms with E-state index in [1.807, 2.05) is 48.6 Å². The predicted octanol–water partition coefficient (Wildman–Crippen LogP) is 4.35. The van der Waals surface area contributed by atoms with Crippen molar-refractivity contribution in [1.82, 2.24) is 19.5 Å². The highest BCUT2D eigenvalue weighted by atomic mass is 32.1. The van der Waals surface area contributed by atoms with E-state index >= 15 is 0 Å². The Morgan fingerprint density at radius 3 is 2.90 bits per heavy atom. The molecule has 1 aromatic carbocycles. The summed E-state index contributed by atoms with van der Waals surface area (Å²) in [5.74, 6) is -0.217. The quantitative estimate of drug-likeness (QED) is 0.704. The van der Waals surface area contributed by atoms with Crippen LogP contribution < -0.4 is 5.32 Å². The molecule has 0 aliphatic heterocycles. The fraction of sp³-hybridized carbons (Fsp3) is 0.182. The molecule has 0 fully saturated rings. The molecule has 2 aromatic heterocycles. The second kappa shape index (κ2) is 7.86. The van der Waals surface area contributed by atoms with Gasteiger partial charge in [-0.15, -0.1) is 5.10 Å². The van der Waals surface area contributed by atoms with Gasteiger partial charge >= 0.3 is 0 Å². The number of hydrogen-bond acceptors (Lipinski definition) is 5. The zero-order chi connectivity index (χ0) is 20.4. The minimum Gasteiger partial charge on any atom is -0.340 e. The Balaban J connectivity index is 1.72. The molecule has 0 bridgehead atoms. The zero-order valence-electron chi connectivity index (χ0n) is 16.1. The second-order valence-corrected chi connectivity index (χ2v) is 7.41. The normalized spacial score (nSPS) is 13.6. The molecule has 1 N–H and O–H groups in total. The third-order valence-electron chi connectivity index (χ3n) is 4.92. The van der Waals surface area contributed by atoms with Gasteiger partial charge in [-0.2, -0.15) is 5.26 Å². The number of nitrogens with zero attached hydrogens (tertiary/aromatic N) is 4. The van der Waals surface area contributed by atoms with Gasteiger partial charge in [-0.3, -0.25) is 4.79 Å². The smallest absolute Gasteiger partial charge is 0.269 e. The maximum atomic E-state index is 12.5. The summed E-state index contributed by atoms with van der Waals surface area (Å²) in [6.07, 6.45) is 8.41. The van der Waals surface area contributed by atoms with Gasteiger partial charge in [0, 0.05) is 23.1 Å². The minimum absolute atomic E-state index is 0.217. The van der Waals surface area contributed by atoms with Crippen LogP contribution in [0.15, 0.2) is 54.3 Å². The van der Waals surface area contributed by atoms with Gasteiger partial charge in [0.25, 0.3) is 5.91 Å². The lowest BCUT2D eigenvalue weighted by Gasteiger charge is -2.10. The molecule has 29 heavy (non-hydrogen) atoms. The van der Waals surface area contributed by atoms with E-state index in [1.54, 1.807) is 6.92 Å². The summed E-state index contributed by atoms with van der Waals surface area (Å²) in [4.78, 5) is 13.0. The number of aromatic nitrogens is 3. The summed E-state index contributed by atoms with van der Waals surface area (Å²) >= 11 is 1.08. The molecule has 0 spiro atoms. The number of rotatable bonds is 4. The second-order valence-electron chi connectivity index (χ2n) is 6.66. The van der Waals surface area contributed by atoms with Crippen molar-refractivity contribution in [2.45, 2.75) is 26.8 Å². The maximum absolute atomic E-state index is 12.5. The molecule has 7 heteroatoms. The Kier molecular flexibility index (Phi) is 5.10. The Morgan fingerprint density at radius 2 is 2.17 bits per heavy atom. The molecule has 1 aliphatic carbocycles. The lowest BCUT2D eigenvalue weighted by atomic mass is 10.0. The molecule has 0 saturated carbocycles. The van der Waals surface area contributed by atoms with Crippen LogP contribution in [0.4, 0.5) is 0 Å². The van der Waals surface area contributed by atoms with Gasteiger partial charge in [0.1, 0.15) is 10.9 Å². The molecule has 1 aliphatic rings. The lowest BCUT2D eigenvalue weighted by Crippen LogP contribution is -2.21. The van der Waals surface area contributed by atoms with Crippen LogP contribution in [-0.2, 0) is 6.54 Å². The number of fused-ring (bicyclic) bond motifs is 1. The molecule has 0 saturated heterocycles. The van der Waals surface area contributed by atoms with Crippen LogP contribution in [-0.4, -0.2) is 20.1 Å². The topological polar surface area (TPSA) is 83.6 Å². The van der Waals surface area contributed by atoms with Crippen molar-refractivity contribution in [2.24, 2.45) is 0 Å². The van der Waals surface area contributed by atoms with Crippen molar-refractivity contribution in [3.8, 4) is 6.07 Å². The molecule has 0 unspecified atom stereocenters. The molecule has 0 atom stereocenters. The zero-order valence-corrected chi connectivity index (χ0v) is 17.0. The molecule has 6 nitrogen and oxygen atoms in total. The fourth-order valence-electron chi connectivity index (χ4n) is 3.59. The van der Waals surface area contributed by atoms with Crippen LogP contribution in [0.1, 0.15) is 40.0 Å². The van der Waals surface area contributed by atoms with Crippen LogP contribution in [0, 0.1) is 18.3 Å². The number of carbonyl (C=O) groups excluding carboxylic acids is 1. The van der Waals surface area contributed by atoms with E-state index < -0.39 is 0 Å². The Hall–Kier alpha value is -3.50. The van der Waals surface area contributed by atoms with E-state index in [0.717, 1.165) is 40.2 Å². The van der Waals surface area contributed by atoms with Crippen LogP contribution in [0.2, 0.25) is 0 Å². The van der Waals surface area contributed by atoms with Crippen molar-refractivity contribution in [2.75, 3.05) is 0 Å². The molecule has 4 rings (SSSR count). The summed E-state index contributed by atoms with van der Waals surface area (Å²) in [6.45, 7) is 4.61. The van der Waals surface area contributed by atoms with Gasteiger partial charge in [0.15, 0.2) is 0 Å². The monoisotopic (exact) mass is 401 g/mol. The number of nitriles is 1. The first kappa shape index (κ1) is 18.8. The highest BCUT2D eigenvalue weighted by Gasteiger charge is 2.19. The number of hydrogen-bond donors (Lipinski definition) is 1. The van der Waals surface area contributed by atoms with E-state index in [1.165, 1.54) is 0 Å². The Labute approximate surface area is 172 Å². The van der Waals surface area contributed by atoms with Gasteiger partial charge in [-0.05, 0) is 55.6 Å². The Bertz CT molecular complexity index is 1240. The average Bonchev–Trinajstić information content (AvgIpc) is 3.22. The predicted molar refractivity (Wildman–Crippen MR) is 114 cm³/mol. The molecule has 144 valence electrons. The third kappa shape index (κ3) is 3.39. The van der Waals surface area contributed by atoms with Crippen molar-refractivity contribution in [3.63, 3.8) is 0 Å². The number of nitrogens with one attached hydrogen (secondary N) is 1. The Morgan fingerprint density at radius 1 is 1.34 bits per heavy atom. The summed E-state index contributed by atoms with van der Waals surface area (Å²) in [6, 6.07) is 10.4. The van der Waals surface area contributed by atoms with Gasteiger partial charge < -0.3 is 9.88 Å². The largest absolute Gasteiger partial charge is 0.340 e. The lowest BCUT2D eigenvalue weighted by molar-refractivity contribution is 0.0970. The van der Waals surface area contributed by atoms with Crippen LogP contribution in [0.5, 0.6) is 0 Å². The summed E-state index contributed by atoms with van der Waals surface area (Å²) in [5.41, 5.74) is 5.03. The minimum atomic E-state index is -0.217. The van der Waals surface area contributed by atoms with Gasteiger partial charge in [-0.1, -0.05) is 34.8 Å². The SMILES string of the molecule is CCn1c(C2=CC=C(NC(=O)c3snnc3C)C=CC2)c(C#N)c2ccccc21. The van der Waals surface area contributed by atoms with Gasteiger partial charge in [0.2, 0.25) is 0 Å². The number of amides is 1. The van der Waals surface area contributed by atoms with Gasteiger partial charge in [0.05, 0.1) is 17.0 Å². The first-order chi connectivity index (χ1) is 14.1. The summed E-state index contributed by atoms with van der Waals surface area (Å²) in [5, 5.41) is 17.6. The maximum Gasteiger partial charge on any atom is 0.269 e. The number of aryl methyl sites for hydroxylation is 2. The van der Waals surface area contributed by atoms with E-state index in [0.29, 0.717) is 28.3 Å². The summed E-state index contributed by atoms with van der Waals surface area (Å²) in [7, 11) is 0. The first-order valence-electron chi connectivity index (χ1n) is 9.33. The van der Waals surface area contributed by atoms with Crippen LogP contribution in [0.25, 0.3) is 16.5 Å². The highest BCUT2D eigenvalue weighted by Crippen LogP contribution is 2.33. The number of para-hydroxylation sites is 1.